The van der Waals surface area contributed by atoms with Gasteiger partial charge in [0.2, 0.25) is 0 Å². The summed E-state index contributed by atoms with van der Waals surface area (Å²) in [5.41, 5.74) is 0. The molecular weight excluding hydrogens is 128 g/mol. The average molecular weight is 140 g/mol. The third kappa shape index (κ3) is 1.88. The summed E-state index contributed by atoms with van der Waals surface area (Å²) in [4.78, 5) is 0. The Morgan fingerprint density at radius 3 is 3.00 bits per heavy atom. The number of hydrogen-bond acceptors (Lipinski definition) is 2. The summed E-state index contributed by atoms with van der Waals surface area (Å²) in [5.74, 6) is 1.24. The van der Waals surface area contributed by atoms with E-state index in [1.807, 2.05) is 19.1 Å². The molecule has 2 nitrogen and oxygen atoms in total. The molecule has 0 unspecified atom stereocenters. The number of rotatable bonds is 3. The van der Waals surface area contributed by atoms with Crippen LogP contribution in [-0.4, -0.2) is 11.7 Å². The third-order valence-corrected chi connectivity index (χ3v) is 1.44. The van der Waals surface area contributed by atoms with Gasteiger partial charge in [-0.15, -0.1) is 0 Å². The molecule has 0 aromatic carbocycles. The lowest BCUT2D eigenvalue weighted by molar-refractivity contribution is 0.231. The number of aliphatic hydroxyl groups excluding tert-OH is 1. The minimum Gasteiger partial charge on any atom is -0.469 e. The van der Waals surface area contributed by atoms with Crippen molar-refractivity contribution in [3.63, 3.8) is 0 Å². The van der Waals surface area contributed by atoms with Gasteiger partial charge >= 0.3 is 0 Å². The maximum atomic E-state index is 8.69. The Morgan fingerprint density at radius 1 is 1.70 bits per heavy atom. The van der Waals surface area contributed by atoms with Crippen LogP contribution in [-0.2, 0) is 6.42 Å². The number of hydrogen-bond donors (Lipinski definition) is 1. The third-order valence-electron chi connectivity index (χ3n) is 1.44. The van der Waals surface area contributed by atoms with Crippen LogP contribution >= 0.6 is 0 Å². The summed E-state index contributed by atoms with van der Waals surface area (Å²) in [7, 11) is 0. The molecule has 1 rings (SSSR count). The van der Waals surface area contributed by atoms with E-state index in [0.29, 0.717) is 5.92 Å². The van der Waals surface area contributed by atoms with Crippen LogP contribution in [0.3, 0.4) is 0 Å². The predicted octanol–water partition coefficient (Wildman–Crippen LogP) is 1.45. The summed E-state index contributed by atoms with van der Waals surface area (Å²) >= 11 is 0. The molecular formula is C8H12O2. The van der Waals surface area contributed by atoms with Crippen molar-refractivity contribution in [1.29, 1.82) is 0 Å². The van der Waals surface area contributed by atoms with Gasteiger partial charge in [0.1, 0.15) is 5.76 Å². The second-order valence-electron chi connectivity index (χ2n) is 2.57. The molecule has 0 aliphatic rings. The van der Waals surface area contributed by atoms with Crippen LogP contribution in [0.4, 0.5) is 0 Å². The zero-order valence-electron chi connectivity index (χ0n) is 6.08. The molecule has 10 heavy (non-hydrogen) atoms. The first-order valence-corrected chi connectivity index (χ1v) is 3.46. The van der Waals surface area contributed by atoms with Crippen molar-refractivity contribution in [2.45, 2.75) is 13.3 Å². The Bertz CT molecular complexity index is 167. The highest BCUT2D eigenvalue weighted by Gasteiger charge is 2.02. The fourth-order valence-electron chi connectivity index (χ4n) is 0.837. The van der Waals surface area contributed by atoms with Crippen LogP contribution in [0.5, 0.6) is 0 Å². The van der Waals surface area contributed by atoms with E-state index in [0.717, 1.165) is 12.2 Å². The maximum Gasteiger partial charge on any atom is 0.104 e. The van der Waals surface area contributed by atoms with Gasteiger partial charge in [0.25, 0.3) is 0 Å². The molecule has 1 aromatic heterocycles. The van der Waals surface area contributed by atoms with Crippen LogP contribution in [0, 0.1) is 5.92 Å². The molecule has 0 aliphatic carbocycles. The van der Waals surface area contributed by atoms with Gasteiger partial charge in [-0.2, -0.15) is 0 Å². The fourth-order valence-corrected chi connectivity index (χ4v) is 0.837. The van der Waals surface area contributed by atoms with Crippen molar-refractivity contribution in [3.05, 3.63) is 24.2 Å². The molecule has 0 amide bonds. The lowest BCUT2D eigenvalue weighted by atomic mass is 10.1. The van der Waals surface area contributed by atoms with Crippen LogP contribution in [0.1, 0.15) is 12.7 Å². The van der Waals surface area contributed by atoms with E-state index < -0.39 is 0 Å². The van der Waals surface area contributed by atoms with E-state index in [2.05, 4.69) is 0 Å². The first-order chi connectivity index (χ1) is 4.83. The fraction of sp³-hybridized carbons (Fsp3) is 0.500. The Morgan fingerprint density at radius 2 is 2.50 bits per heavy atom. The average Bonchev–Trinajstić information content (AvgIpc) is 2.40. The van der Waals surface area contributed by atoms with Gasteiger partial charge in [-0.05, 0) is 18.1 Å². The zero-order valence-corrected chi connectivity index (χ0v) is 6.08. The Balaban J connectivity index is 2.40. The van der Waals surface area contributed by atoms with E-state index in [1.165, 1.54) is 0 Å². The van der Waals surface area contributed by atoms with Crippen molar-refractivity contribution < 1.29 is 9.52 Å². The van der Waals surface area contributed by atoms with Crippen molar-refractivity contribution in [1.82, 2.24) is 0 Å². The lowest BCUT2D eigenvalue weighted by Crippen LogP contribution is -2.03. The van der Waals surface area contributed by atoms with Crippen LogP contribution in [0.25, 0.3) is 0 Å². The van der Waals surface area contributed by atoms with Gasteiger partial charge in [0.05, 0.1) is 6.26 Å². The highest BCUT2D eigenvalue weighted by Crippen LogP contribution is 2.07. The highest BCUT2D eigenvalue weighted by molar-refractivity contribution is 4.98. The van der Waals surface area contributed by atoms with Gasteiger partial charge < -0.3 is 9.52 Å². The smallest absolute Gasteiger partial charge is 0.104 e. The number of aliphatic hydroxyl groups is 1. The van der Waals surface area contributed by atoms with Crippen molar-refractivity contribution >= 4 is 0 Å². The maximum absolute atomic E-state index is 8.69. The molecule has 0 bridgehead atoms. The van der Waals surface area contributed by atoms with E-state index in [4.69, 9.17) is 9.52 Å². The van der Waals surface area contributed by atoms with Crippen LogP contribution in [0.2, 0.25) is 0 Å². The summed E-state index contributed by atoms with van der Waals surface area (Å²) in [6.45, 7) is 2.21. The van der Waals surface area contributed by atoms with Crippen LogP contribution in [0.15, 0.2) is 22.8 Å². The molecule has 0 spiro atoms. The van der Waals surface area contributed by atoms with E-state index in [-0.39, 0.29) is 6.61 Å². The first kappa shape index (κ1) is 7.35. The van der Waals surface area contributed by atoms with Gasteiger partial charge in [-0.25, -0.2) is 0 Å². The van der Waals surface area contributed by atoms with Crippen LogP contribution < -0.4 is 0 Å². The normalized spacial score (nSPS) is 13.4. The predicted molar refractivity (Wildman–Crippen MR) is 38.7 cm³/mol. The highest BCUT2D eigenvalue weighted by atomic mass is 16.3. The Kier molecular flexibility index (Phi) is 2.51. The summed E-state index contributed by atoms with van der Waals surface area (Å²) in [5, 5.41) is 8.69. The van der Waals surface area contributed by atoms with E-state index in [1.54, 1.807) is 6.26 Å². The van der Waals surface area contributed by atoms with Crippen molar-refractivity contribution in [2.24, 2.45) is 5.92 Å². The molecule has 0 saturated carbocycles. The minimum atomic E-state index is 0.223. The molecule has 1 aromatic rings. The van der Waals surface area contributed by atoms with Crippen molar-refractivity contribution in [3.8, 4) is 0 Å². The lowest BCUT2D eigenvalue weighted by Gasteiger charge is -2.02. The summed E-state index contributed by atoms with van der Waals surface area (Å²) < 4.78 is 5.09. The molecule has 1 N–H and O–H groups in total. The zero-order chi connectivity index (χ0) is 7.40. The second kappa shape index (κ2) is 3.42. The molecule has 0 fully saturated rings. The molecule has 56 valence electrons. The van der Waals surface area contributed by atoms with Gasteiger partial charge in [0.15, 0.2) is 0 Å². The number of furan rings is 1. The molecule has 1 atom stereocenters. The molecule has 2 heteroatoms. The molecule has 1 heterocycles. The molecule has 0 saturated heterocycles. The SMILES string of the molecule is C[C@@H](CO)Cc1ccco1. The largest absolute Gasteiger partial charge is 0.469 e. The molecule has 0 radical (unpaired) electrons. The minimum absolute atomic E-state index is 0.223. The monoisotopic (exact) mass is 140 g/mol. The first-order valence-electron chi connectivity index (χ1n) is 3.46. The summed E-state index contributed by atoms with van der Waals surface area (Å²) in [6.07, 6.45) is 2.48. The molecule has 0 aliphatic heterocycles. The van der Waals surface area contributed by atoms with Crippen molar-refractivity contribution in [2.75, 3.05) is 6.61 Å². The standard InChI is InChI=1S/C8H12O2/c1-7(6-9)5-8-3-2-4-10-8/h2-4,7,9H,5-6H2,1H3/t7-/m1/s1. The quantitative estimate of drug-likeness (QED) is 0.689. The van der Waals surface area contributed by atoms with E-state index >= 15 is 0 Å². The second-order valence-corrected chi connectivity index (χ2v) is 2.57. The topological polar surface area (TPSA) is 33.4 Å². The van der Waals surface area contributed by atoms with Gasteiger partial charge in [-0.3, -0.25) is 0 Å². The van der Waals surface area contributed by atoms with E-state index in [9.17, 15) is 0 Å². The Labute approximate surface area is 60.5 Å². The summed E-state index contributed by atoms with van der Waals surface area (Å²) in [6, 6.07) is 3.78. The van der Waals surface area contributed by atoms with Gasteiger partial charge in [-0.1, -0.05) is 6.92 Å². The van der Waals surface area contributed by atoms with Gasteiger partial charge in [0, 0.05) is 13.0 Å². The Hall–Kier alpha value is -0.760.